The first kappa shape index (κ1) is 16.8. The van der Waals surface area contributed by atoms with Crippen LogP contribution in [0.1, 0.15) is 16.8 Å². The van der Waals surface area contributed by atoms with Gasteiger partial charge in [0.05, 0.1) is 17.6 Å². The van der Waals surface area contributed by atoms with Gasteiger partial charge in [-0.2, -0.15) is 5.10 Å². The number of benzene rings is 3. The molecule has 1 aromatic heterocycles. The van der Waals surface area contributed by atoms with Crippen molar-refractivity contribution >= 4 is 34.6 Å². The van der Waals surface area contributed by atoms with Gasteiger partial charge in [-0.25, -0.2) is 0 Å². The number of aromatic nitrogens is 2. The van der Waals surface area contributed by atoms with E-state index in [-0.39, 0.29) is 5.91 Å². The van der Waals surface area contributed by atoms with Crippen molar-refractivity contribution in [3.63, 3.8) is 0 Å². The van der Waals surface area contributed by atoms with E-state index in [1.54, 1.807) is 0 Å². The Balaban J connectivity index is 1.53. The van der Waals surface area contributed by atoms with Crippen LogP contribution >= 0.6 is 0 Å². The van der Waals surface area contributed by atoms with Gasteiger partial charge in [0.15, 0.2) is 0 Å². The van der Waals surface area contributed by atoms with Gasteiger partial charge in [-0.3, -0.25) is 9.89 Å². The summed E-state index contributed by atoms with van der Waals surface area (Å²) in [5.74, 6) is -0.0349. The summed E-state index contributed by atoms with van der Waals surface area (Å²) in [6.07, 6.45) is 4.28. The number of nitrogens with zero attached hydrogens (tertiary/aromatic N) is 1. The predicted molar refractivity (Wildman–Crippen MR) is 110 cm³/mol. The fourth-order valence-electron chi connectivity index (χ4n) is 3.01. The van der Waals surface area contributed by atoms with Crippen molar-refractivity contribution < 1.29 is 4.79 Å². The number of carbonyl (C=O) groups is 1. The smallest absolute Gasteiger partial charge is 0.228 e. The molecule has 132 valence electrons. The molecule has 0 radical (unpaired) electrons. The number of aromatic amines is 1. The summed E-state index contributed by atoms with van der Waals surface area (Å²) in [7, 11) is 0. The molecule has 0 fully saturated rings. The van der Waals surface area contributed by atoms with Crippen LogP contribution in [0.2, 0.25) is 0 Å². The lowest BCUT2D eigenvalue weighted by Crippen LogP contribution is -2.15. The second-order valence-electron chi connectivity index (χ2n) is 6.29. The average Bonchev–Trinajstić information content (AvgIpc) is 3.11. The predicted octanol–water partition coefficient (Wildman–Crippen LogP) is 4.91. The highest BCUT2D eigenvalue weighted by molar-refractivity contribution is 5.96. The Labute approximate surface area is 157 Å². The minimum absolute atomic E-state index is 0.0349. The van der Waals surface area contributed by atoms with E-state index in [0.29, 0.717) is 6.42 Å². The van der Waals surface area contributed by atoms with Gasteiger partial charge in [0.1, 0.15) is 0 Å². The van der Waals surface area contributed by atoms with Crippen molar-refractivity contribution in [1.82, 2.24) is 10.2 Å². The Morgan fingerprint density at radius 1 is 0.889 bits per heavy atom. The zero-order chi connectivity index (χ0) is 18.5. The molecule has 4 aromatic rings. The molecule has 1 amide bonds. The number of fused-ring (bicyclic) bond motifs is 1. The minimum atomic E-state index is -0.0349. The quantitative estimate of drug-likeness (QED) is 0.535. The molecule has 0 aliphatic rings. The Morgan fingerprint density at radius 3 is 2.52 bits per heavy atom. The van der Waals surface area contributed by atoms with Gasteiger partial charge in [0.25, 0.3) is 0 Å². The molecule has 0 spiro atoms. The molecular weight excluding hydrogens is 334 g/mol. The maximum absolute atomic E-state index is 12.4. The zero-order valence-corrected chi connectivity index (χ0v) is 14.7. The number of carbonyl (C=O) groups excluding carboxylic acids is 1. The van der Waals surface area contributed by atoms with Gasteiger partial charge in [0.2, 0.25) is 5.91 Å². The molecule has 0 saturated heterocycles. The molecule has 4 rings (SSSR count). The van der Waals surface area contributed by atoms with Gasteiger partial charge < -0.3 is 5.32 Å². The van der Waals surface area contributed by atoms with Crippen molar-refractivity contribution in [3.8, 4) is 0 Å². The van der Waals surface area contributed by atoms with Crippen LogP contribution in [0, 0.1) is 0 Å². The first-order valence-electron chi connectivity index (χ1n) is 8.83. The third kappa shape index (κ3) is 3.96. The lowest BCUT2D eigenvalue weighted by Gasteiger charge is -2.08. The molecule has 3 aromatic carbocycles. The van der Waals surface area contributed by atoms with Crippen LogP contribution < -0.4 is 5.32 Å². The molecule has 0 aliphatic carbocycles. The summed E-state index contributed by atoms with van der Waals surface area (Å²) in [6, 6.07) is 25.5. The van der Waals surface area contributed by atoms with Crippen LogP contribution in [0.3, 0.4) is 0 Å². The Kier molecular flexibility index (Phi) is 4.79. The molecular formula is C23H19N3O. The topological polar surface area (TPSA) is 57.8 Å². The normalized spacial score (nSPS) is 11.1. The standard InChI is InChI=1S/C23H19N3O/c27-23(16-17-8-2-1-3-9-17)24-20-12-6-4-10-18(20)14-15-22-19-11-5-7-13-21(19)25-26-22/h1-15H,16H2,(H,24,27)(H,25,26). The second kappa shape index (κ2) is 7.70. The van der Waals surface area contributed by atoms with Crippen molar-refractivity contribution in [2.24, 2.45) is 0 Å². The number of H-pyrrole nitrogens is 1. The average molecular weight is 353 g/mol. The summed E-state index contributed by atoms with van der Waals surface area (Å²) in [5, 5.41) is 11.5. The summed E-state index contributed by atoms with van der Waals surface area (Å²) >= 11 is 0. The molecule has 0 bridgehead atoms. The van der Waals surface area contributed by atoms with Gasteiger partial charge in [-0.15, -0.1) is 0 Å². The lowest BCUT2D eigenvalue weighted by atomic mass is 10.1. The fraction of sp³-hybridized carbons (Fsp3) is 0.0435. The van der Waals surface area contributed by atoms with Crippen molar-refractivity contribution in [3.05, 3.63) is 95.7 Å². The minimum Gasteiger partial charge on any atom is -0.325 e. The molecule has 0 unspecified atom stereocenters. The van der Waals surface area contributed by atoms with E-state index >= 15 is 0 Å². The Bertz CT molecular complexity index is 1100. The summed E-state index contributed by atoms with van der Waals surface area (Å²) in [4.78, 5) is 12.4. The summed E-state index contributed by atoms with van der Waals surface area (Å²) < 4.78 is 0. The molecule has 0 saturated carbocycles. The Morgan fingerprint density at radius 2 is 1.63 bits per heavy atom. The highest BCUT2D eigenvalue weighted by Crippen LogP contribution is 2.21. The molecule has 2 N–H and O–H groups in total. The van der Waals surface area contributed by atoms with Crippen LogP contribution in [0.5, 0.6) is 0 Å². The zero-order valence-electron chi connectivity index (χ0n) is 14.7. The van der Waals surface area contributed by atoms with Crippen LogP contribution in [0.4, 0.5) is 5.69 Å². The van der Waals surface area contributed by atoms with E-state index in [9.17, 15) is 4.79 Å². The first-order chi connectivity index (χ1) is 13.3. The van der Waals surface area contributed by atoms with Crippen LogP contribution in [0.15, 0.2) is 78.9 Å². The van der Waals surface area contributed by atoms with Crippen LogP contribution in [-0.4, -0.2) is 16.1 Å². The third-order valence-corrected chi connectivity index (χ3v) is 4.36. The van der Waals surface area contributed by atoms with E-state index in [4.69, 9.17) is 0 Å². The molecule has 27 heavy (non-hydrogen) atoms. The SMILES string of the molecule is O=C(Cc1ccccc1)Nc1ccccc1C=Cc1n[nH]c2ccccc12. The van der Waals surface area contributed by atoms with E-state index in [0.717, 1.165) is 33.4 Å². The van der Waals surface area contributed by atoms with Gasteiger partial charge in [-0.1, -0.05) is 72.8 Å². The highest BCUT2D eigenvalue weighted by Gasteiger charge is 2.07. The van der Waals surface area contributed by atoms with E-state index in [1.807, 2.05) is 91.0 Å². The largest absolute Gasteiger partial charge is 0.325 e. The maximum Gasteiger partial charge on any atom is 0.228 e. The fourth-order valence-corrected chi connectivity index (χ4v) is 3.01. The first-order valence-corrected chi connectivity index (χ1v) is 8.83. The van der Waals surface area contributed by atoms with Gasteiger partial charge in [0, 0.05) is 11.1 Å². The lowest BCUT2D eigenvalue weighted by molar-refractivity contribution is -0.115. The van der Waals surface area contributed by atoms with E-state index in [2.05, 4.69) is 15.5 Å². The molecule has 4 nitrogen and oxygen atoms in total. The maximum atomic E-state index is 12.4. The van der Waals surface area contributed by atoms with Gasteiger partial charge in [-0.05, 0) is 29.3 Å². The van der Waals surface area contributed by atoms with Crippen molar-refractivity contribution in [2.75, 3.05) is 5.32 Å². The molecule has 1 heterocycles. The number of hydrogen-bond donors (Lipinski definition) is 2. The van der Waals surface area contributed by atoms with E-state index < -0.39 is 0 Å². The number of para-hydroxylation sites is 2. The Hall–Kier alpha value is -3.66. The van der Waals surface area contributed by atoms with Crippen molar-refractivity contribution in [2.45, 2.75) is 6.42 Å². The third-order valence-electron chi connectivity index (χ3n) is 4.36. The number of rotatable bonds is 5. The molecule has 4 heteroatoms. The highest BCUT2D eigenvalue weighted by atomic mass is 16.1. The summed E-state index contributed by atoms with van der Waals surface area (Å²) in [5.41, 5.74) is 4.59. The van der Waals surface area contributed by atoms with Crippen LogP contribution in [0.25, 0.3) is 23.1 Å². The molecule has 0 atom stereocenters. The monoisotopic (exact) mass is 353 g/mol. The van der Waals surface area contributed by atoms with Crippen molar-refractivity contribution in [1.29, 1.82) is 0 Å². The number of hydrogen-bond acceptors (Lipinski definition) is 2. The number of amides is 1. The molecule has 0 aliphatic heterocycles. The second-order valence-corrected chi connectivity index (χ2v) is 6.29. The number of nitrogens with one attached hydrogen (secondary N) is 2. The van der Waals surface area contributed by atoms with E-state index in [1.165, 1.54) is 0 Å². The number of anilines is 1. The summed E-state index contributed by atoms with van der Waals surface area (Å²) in [6.45, 7) is 0. The van der Waals surface area contributed by atoms with Crippen LogP contribution in [-0.2, 0) is 11.2 Å². The van der Waals surface area contributed by atoms with Gasteiger partial charge >= 0.3 is 0 Å².